The van der Waals surface area contributed by atoms with Crippen LogP contribution in [0.15, 0.2) is 65.5 Å². The van der Waals surface area contributed by atoms with Crippen molar-refractivity contribution in [3.63, 3.8) is 0 Å². The summed E-state index contributed by atoms with van der Waals surface area (Å²) in [6.45, 7) is 3.46. The van der Waals surface area contributed by atoms with Crippen molar-refractivity contribution in [2.45, 2.75) is 13.1 Å². The molecule has 2 aromatic carbocycles. The zero-order valence-electron chi connectivity index (χ0n) is 17.9. The summed E-state index contributed by atoms with van der Waals surface area (Å²) in [4.78, 5) is 29.2. The Hall–Kier alpha value is -3.52. The summed E-state index contributed by atoms with van der Waals surface area (Å²) in [6, 6.07) is 17.2. The summed E-state index contributed by atoms with van der Waals surface area (Å²) in [5, 5.41) is 4.33. The van der Waals surface area contributed by atoms with Crippen LogP contribution in [0.2, 0.25) is 0 Å². The molecular weight excluding hydrogens is 411 g/mol. The fourth-order valence-electron chi connectivity index (χ4n) is 3.81. The van der Waals surface area contributed by atoms with Gasteiger partial charge in [-0.15, -0.1) is 0 Å². The minimum absolute atomic E-state index is 0.144. The lowest BCUT2D eigenvalue weighted by Gasteiger charge is -2.34. The summed E-state index contributed by atoms with van der Waals surface area (Å²) in [6.07, 6.45) is 0. The van der Waals surface area contributed by atoms with E-state index in [1.54, 1.807) is 17.0 Å². The zero-order valence-corrected chi connectivity index (χ0v) is 17.9. The van der Waals surface area contributed by atoms with Crippen molar-refractivity contribution < 1.29 is 13.9 Å². The van der Waals surface area contributed by atoms with Crippen LogP contribution in [0.4, 0.5) is 4.39 Å². The van der Waals surface area contributed by atoms with E-state index in [1.807, 2.05) is 18.2 Å². The maximum Gasteiger partial charge on any atom is 0.267 e. The molecule has 0 spiro atoms. The minimum atomic E-state index is -0.430. The van der Waals surface area contributed by atoms with E-state index in [0.29, 0.717) is 30.1 Å². The number of nitrogens with zero attached hydrogens (tertiary/aromatic N) is 4. The van der Waals surface area contributed by atoms with E-state index < -0.39 is 5.82 Å². The monoisotopic (exact) mass is 436 g/mol. The van der Waals surface area contributed by atoms with Crippen LogP contribution in [0.25, 0.3) is 11.3 Å². The smallest absolute Gasteiger partial charge is 0.267 e. The molecule has 1 aromatic heterocycles. The van der Waals surface area contributed by atoms with Crippen LogP contribution in [0.3, 0.4) is 0 Å². The molecule has 0 unspecified atom stereocenters. The van der Waals surface area contributed by atoms with Gasteiger partial charge in [-0.2, -0.15) is 5.10 Å². The average molecular weight is 436 g/mol. The van der Waals surface area contributed by atoms with Crippen molar-refractivity contribution >= 4 is 5.91 Å². The molecule has 3 aromatic rings. The second-order valence-corrected chi connectivity index (χ2v) is 7.70. The third-order valence-corrected chi connectivity index (χ3v) is 5.57. The second-order valence-electron chi connectivity index (χ2n) is 7.70. The van der Waals surface area contributed by atoms with Crippen molar-refractivity contribution in [3.05, 3.63) is 82.4 Å². The number of ether oxygens (including phenoxy) is 1. The van der Waals surface area contributed by atoms with Gasteiger partial charge in [-0.25, -0.2) is 9.07 Å². The molecule has 0 radical (unpaired) electrons. The Balaban J connectivity index is 1.42. The standard InChI is InChI=1S/C24H25FN4O3/c1-32-22-15-19(25)7-8-20(22)21-9-10-23(30)29(26-21)17-24(31)28-13-11-27(12-14-28)16-18-5-3-2-4-6-18/h2-10,15H,11-14,16-17H2,1H3. The maximum absolute atomic E-state index is 13.5. The third-order valence-electron chi connectivity index (χ3n) is 5.57. The number of methoxy groups -OCH3 is 1. The minimum Gasteiger partial charge on any atom is -0.496 e. The van der Waals surface area contributed by atoms with Crippen LogP contribution in [0, 0.1) is 5.82 Å². The SMILES string of the molecule is COc1cc(F)ccc1-c1ccc(=O)n(CC(=O)N2CCN(Cc3ccccc3)CC2)n1. The van der Waals surface area contributed by atoms with Gasteiger partial charge in [0.2, 0.25) is 5.91 Å². The first-order chi connectivity index (χ1) is 15.5. The number of piperazine rings is 1. The van der Waals surface area contributed by atoms with E-state index in [9.17, 15) is 14.0 Å². The van der Waals surface area contributed by atoms with Gasteiger partial charge in [0.1, 0.15) is 18.1 Å². The number of carbonyl (C=O) groups excluding carboxylic acids is 1. The van der Waals surface area contributed by atoms with Crippen LogP contribution in [0.1, 0.15) is 5.56 Å². The van der Waals surface area contributed by atoms with Crippen LogP contribution < -0.4 is 10.3 Å². The van der Waals surface area contributed by atoms with Crippen molar-refractivity contribution in [2.24, 2.45) is 0 Å². The number of halogens is 1. The first-order valence-corrected chi connectivity index (χ1v) is 10.5. The Morgan fingerprint density at radius 1 is 1.03 bits per heavy atom. The molecule has 1 amide bonds. The molecule has 1 saturated heterocycles. The fraction of sp³-hybridized carbons (Fsp3) is 0.292. The molecule has 0 bridgehead atoms. The number of amides is 1. The van der Waals surface area contributed by atoms with Crippen molar-refractivity contribution in [1.29, 1.82) is 0 Å². The van der Waals surface area contributed by atoms with E-state index >= 15 is 0 Å². The number of hydrogen-bond donors (Lipinski definition) is 0. The van der Waals surface area contributed by atoms with Gasteiger partial charge in [0.05, 0.1) is 12.8 Å². The van der Waals surface area contributed by atoms with Crippen LogP contribution in [-0.4, -0.2) is 58.8 Å². The molecule has 0 aliphatic carbocycles. The van der Waals surface area contributed by atoms with E-state index in [2.05, 4.69) is 22.1 Å². The molecule has 8 heteroatoms. The molecule has 0 atom stereocenters. The number of carbonyl (C=O) groups is 1. The van der Waals surface area contributed by atoms with Gasteiger partial charge in [0.15, 0.2) is 0 Å². The number of rotatable bonds is 6. The van der Waals surface area contributed by atoms with E-state index in [4.69, 9.17) is 4.74 Å². The molecule has 1 fully saturated rings. The zero-order chi connectivity index (χ0) is 22.5. The fourth-order valence-corrected chi connectivity index (χ4v) is 3.81. The molecular formula is C24H25FN4O3. The van der Waals surface area contributed by atoms with Crippen LogP contribution >= 0.6 is 0 Å². The predicted molar refractivity (Wildman–Crippen MR) is 119 cm³/mol. The largest absolute Gasteiger partial charge is 0.496 e. The maximum atomic E-state index is 13.5. The van der Waals surface area contributed by atoms with Gasteiger partial charge in [0.25, 0.3) is 5.56 Å². The lowest BCUT2D eigenvalue weighted by Crippen LogP contribution is -2.49. The number of benzene rings is 2. The average Bonchev–Trinajstić information content (AvgIpc) is 2.81. The lowest BCUT2D eigenvalue weighted by molar-refractivity contribution is -0.133. The van der Waals surface area contributed by atoms with E-state index in [1.165, 1.54) is 30.9 Å². The summed E-state index contributed by atoms with van der Waals surface area (Å²) in [7, 11) is 1.44. The highest BCUT2D eigenvalue weighted by molar-refractivity contribution is 5.76. The normalized spacial score (nSPS) is 14.4. The molecule has 7 nitrogen and oxygen atoms in total. The molecule has 1 aliphatic rings. The Bertz CT molecular complexity index is 1140. The Labute approximate surface area is 185 Å². The molecule has 32 heavy (non-hydrogen) atoms. The molecule has 4 rings (SSSR count). The summed E-state index contributed by atoms with van der Waals surface area (Å²) in [5.74, 6) is -0.272. The van der Waals surface area contributed by atoms with E-state index in [-0.39, 0.29) is 18.0 Å². The van der Waals surface area contributed by atoms with Gasteiger partial charge < -0.3 is 9.64 Å². The topological polar surface area (TPSA) is 67.7 Å². The highest BCUT2D eigenvalue weighted by Crippen LogP contribution is 2.28. The van der Waals surface area contributed by atoms with E-state index in [0.717, 1.165) is 24.3 Å². The molecule has 1 aliphatic heterocycles. The molecule has 166 valence electrons. The highest BCUT2D eigenvalue weighted by Gasteiger charge is 2.22. The Kier molecular flexibility index (Phi) is 6.61. The quantitative estimate of drug-likeness (QED) is 0.594. The van der Waals surface area contributed by atoms with Gasteiger partial charge in [-0.05, 0) is 23.8 Å². The van der Waals surface area contributed by atoms with Gasteiger partial charge in [0, 0.05) is 50.4 Å². The Morgan fingerprint density at radius 2 is 1.78 bits per heavy atom. The number of aromatic nitrogens is 2. The second kappa shape index (κ2) is 9.74. The van der Waals surface area contributed by atoms with Crippen molar-refractivity contribution in [2.75, 3.05) is 33.3 Å². The van der Waals surface area contributed by atoms with Gasteiger partial charge >= 0.3 is 0 Å². The predicted octanol–water partition coefficient (Wildman–Crippen LogP) is 2.40. The summed E-state index contributed by atoms with van der Waals surface area (Å²) >= 11 is 0. The summed E-state index contributed by atoms with van der Waals surface area (Å²) < 4.78 is 19.9. The first kappa shape index (κ1) is 21.7. The summed E-state index contributed by atoms with van der Waals surface area (Å²) in [5.41, 5.74) is 1.86. The molecule has 2 heterocycles. The van der Waals surface area contributed by atoms with Crippen LogP contribution in [0.5, 0.6) is 5.75 Å². The first-order valence-electron chi connectivity index (χ1n) is 10.5. The number of hydrogen-bond acceptors (Lipinski definition) is 5. The van der Waals surface area contributed by atoms with Gasteiger partial charge in [-0.3, -0.25) is 14.5 Å². The molecule has 0 saturated carbocycles. The molecule has 0 N–H and O–H groups in total. The van der Waals surface area contributed by atoms with Crippen LogP contribution in [-0.2, 0) is 17.9 Å². The lowest BCUT2D eigenvalue weighted by atomic mass is 10.1. The van der Waals surface area contributed by atoms with Crippen molar-refractivity contribution in [3.8, 4) is 17.0 Å². The Morgan fingerprint density at radius 3 is 2.50 bits per heavy atom. The van der Waals surface area contributed by atoms with Gasteiger partial charge in [-0.1, -0.05) is 30.3 Å². The highest BCUT2D eigenvalue weighted by atomic mass is 19.1. The van der Waals surface area contributed by atoms with Crippen molar-refractivity contribution in [1.82, 2.24) is 19.6 Å². The third kappa shape index (κ3) is 5.03.